The molecule has 2 N–H and O–H groups in total. The molecule has 0 aliphatic carbocycles. The number of carbonyl (C=O) groups is 1. The average molecular weight is 479 g/mol. The number of nitrogens with zero attached hydrogens (tertiary/aromatic N) is 2. The van der Waals surface area contributed by atoms with Crippen LogP contribution in [0.3, 0.4) is 0 Å². The fourth-order valence-corrected chi connectivity index (χ4v) is 5.57. The molecule has 3 heterocycles. The summed E-state index contributed by atoms with van der Waals surface area (Å²) >= 11 is 6.17. The normalized spacial score (nSPS) is 19.2. The lowest BCUT2D eigenvalue weighted by Crippen LogP contribution is -2.32. The maximum Gasteiger partial charge on any atom is 0.255 e. The van der Waals surface area contributed by atoms with Gasteiger partial charge in [-0.25, -0.2) is 18.1 Å². The van der Waals surface area contributed by atoms with E-state index in [9.17, 15) is 13.2 Å². The Morgan fingerprint density at radius 3 is 2.75 bits per heavy atom. The van der Waals surface area contributed by atoms with E-state index in [1.165, 1.54) is 24.6 Å². The first-order chi connectivity index (χ1) is 15.4. The lowest BCUT2D eigenvalue weighted by molar-refractivity contribution is 0.102. The first-order valence-electron chi connectivity index (χ1n) is 10.9. The van der Waals surface area contributed by atoms with E-state index in [0.717, 1.165) is 44.6 Å². The quantitative estimate of drug-likeness (QED) is 0.632. The molecule has 2 fully saturated rings. The van der Waals surface area contributed by atoms with E-state index < -0.39 is 15.9 Å². The Kier molecular flexibility index (Phi) is 7.30. The van der Waals surface area contributed by atoms with Crippen molar-refractivity contribution in [1.82, 2.24) is 9.71 Å². The van der Waals surface area contributed by atoms with E-state index in [-0.39, 0.29) is 28.1 Å². The molecule has 1 amide bonds. The Balaban J connectivity index is 1.51. The van der Waals surface area contributed by atoms with Gasteiger partial charge in [-0.05, 0) is 62.4 Å². The molecule has 2 aromatic rings. The first-order valence-corrected chi connectivity index (χ1v) is 12.7. The zero-order valence-electron chi connectivity index (χ0n) is 17.7. The van der Waals surface area contributed by atoms with Gasteiger partial charge in [0.25, 0.3) is 5.91 Å². The molecule has 1 aromatic carbocycles. The molecule has 0 radical (unpaired) electrons. The second kappa shape index (κ2) is 10.2. The summed E-state index contributed by atoms with van der Waals surface area (Å²) in [5.41, 5.74) is 0.788. The minimum absolute atomic E-state index is 0.0526. The van der Waals surface area contributed by atoms with Gasteiger partial charge in [0.15, 0.2) is 5.82 Å². The van der Waals surface area contributed by atoms with Crippen LogP contribution in [0.4, 0.5) is 11.5 Å². The van der Waals surface area contributed by atoms with Crippen LogP contribution < -0.4 is 14.9 Å². The molecular weight excluding hydrogens is 452 g/mol. The molecule has 2 aliphatic heterocycles. The van der Waals surface area contributed by atoms with E-state index in [1.807, 2.05) is 0 Å². The summed E-state index contributed by atoms with van der Waals surface area (Å²) in [7, 11) is -3.90. The number of carbonyl (C=O) groups excluding carboxylic acids is 1. The van der Waals surface area contributed by atoms with Crippen molar-refractivity contribution < 1.29 is 17.9 Å². The smallest absolute Gasteiger partial charge is 0.255 e. The highest BCUT2D eigenvalue weighted by molar-refractivity contribution is 7.89. The lowest BCUT2D eigenvalue weighted by Gasteiger charge is -2.29. The highest BCUT2D eigenvalue weighted by Crippen LogP contribution is 2.27. The van der Waals surface area contributed by atoms with Crippen molar-refractivity contribution in [2.45, 2.75) is 43.1 Å². The number of piperidine rings is 1. The van der Waals surface area contributed by atoms with Gasteiger partial charge in [0.2, 0.25) is 10.0 Å². The van der Waals surface area contributed by atoms with Crippen LogP contribution in [0.25, 0.3) is 0 Å². The largest absolute Gasteiger partial charge is 0.377 e. The van der Waals surface area contributed by atoms with Crippen LogP contribution in [0.2, 0.25) is 5.02 Å². The molecule has 8 nitrogen and oxygen atoms in total. The van der Waals surface area contributed by atoms with Gasteiger partial charge < -0.3 is 15.0 Å². The number of amides is 1. The summed E-state index contributed by atoms with van der Waals surface area (Å²) in [4.78, 5) is 19.5. The maximum atomic E-state index is 13.0. The van der Waals surface area contributed by atoms with E-state index in [4.69, 9.17) is 16.3 Å². The van der Waals surface area contributed by atoms with Crippen LogP contribution in [0, 0.1) is 0 Å². The number of hydrogen-bond donors (Lipinski definition) is 2. The predicted octanol–water partition coefficient (Wildman–Crippen LogP) is 3.43. The van der Waals surface area contributed by atoms with Crippen molar-refractivity contribution in [3.63, 3.8) is 0 Å². The molecule has 0 spiro atoms. The Bertz CT molecular complexity index is 1070. The number of halogens is 1. The Labute approximate surface area is 193 Å². The molecule has 32 heavy (non-hydrogen) atoms. The van der Waals surface area contributed by atoms with E-state index >= 15 is 0 Å². The second-order valence-corrected chi connectivity index (χ2v) is 10.2. The Hall–Kier alpha value is -2.20. The van der Waals surface area contributed by atoms with Crippen LogP contribution >= 0.6 is 11.6 Å². The summed E-state index contributed by atoms with van der Waals surface area (Å²) in [5.74, 6) is 0.295. The zero-order valence-corrected chi connectivity index (χ0v) is 19.3. The summed E-state index contributed by atoms with van der Waals surface area (Å²) in [6, 6.07) is 7.79. The summed E-state index contributed by atoms with van der Waals surface area (Å²) < 4.78 is 33.6. The Morgan fingerprint density at radius 2 is 2.00 bits per heavy atom. The van der Waals surface area contributed by atoms with Crippen molar-refractivity contribution in [3.05, 3.63) is 47.1 Å². The van der Waals surface area contributed by atoms with Gasteiger partial charge in [0, 0.05) is 38.0 Å². The fraction of sp³-hybridized carbons (Fsp3) is 0.455. The van der Waals surface area contributed by atoms with E-state index in [0.29, 0.717) is 12.3 Å². The van der Waals surface area contributed by atoms with Crippen LogP contribution in [-0.2, 0) is 14.8 Å². The van der Waals surface area contributed by atoms with Crippen molar-refractivity contribution in [2.24, 2.45) is 0 Å². The van der Waals surface area contributed by atoms with Crippen LogP contribution in [0.1, 0.15) is 42.5 Å². The highest BCUT2D eigenvalue weighted by atomic mass is 35.5. The summed E-state index contributed by atoms with van der Waals surface area (Å²) in [6.07, 6.45) is 6.64. The van der Waals surface area contributed by atoms with Crippen molar-refractivity contribution in [3.8, 4) is 0 Å². The first kappa shape index (κ1) is 23.0. The molecule has 0 saturated carbocycles. The van der Waals surface area contributed by atoms with Crippen LogP contribution in [0.5, 0.6) is 0 Å². The second-order valence-electron chi connectivity index (χ2n) is 8.01. The summed E-state index contributed by atoms with van der Waals surface area (Å²) in [5, 5.41) is 2.93. The number of anilines is 2. The number of aromatic nitrogens is 1. The number of ether oxygens (including phenoxy) is 1. The SMILES string of the molecule is O=C(Nc1cccnc1N1CCCCC1)c1ccc(Cl)c(S(=O)(=O)NCC2CCCO2)c1. The number of pyridine rings is 1. The monoisotopic (exact) mass is 478 g/mol. The molecular formula is C22H27ClN4O4S. The topological polar surface area (TPSA) is 101 Å². The number of sulfonamides is 1. The molecule has 2 saturated heterocycles. The van der Waals surface area contributed by atoms with Crippen LogP contribution in [0.15, 0.2) is 41.4 Å². The third-order valence-corrected chi connectivity index (χ3v) is 7.60. The predicted molar refractivity (Wildman–Crippen MR) is 124 cm³/mol. The van der Waals surface area contributed by atoms with E-state index in [1.54, 1.807) is 18.3 Å². The number of nitrogens with one attached hydrogen (secondary N) is 2. The molecule has 10 heteroatoms. The van der Waals surface area contributed by atoms with Gasteiger partial charge >= 0.3 is 0 Å². The van der Waals surface area contributed by atoms with Crippen molar-refractivity contribution in [1.29, 1.82) is 0 Å². The average Bonchev–Trinajstić information content (AvgIpc) is 3.33. The zero-order chi connectivity index (χ0) is 22.6. The number of hydrogen-bond acceptors (Lipinski definition) is 6. The highest BCUT2D eigenvalue weighted by Gasteiger charge is 2.24. The lowest BCUT2D eigenvalue weighted by atomic mass is 10.1. The molecule has 1 atom stereocenters. The molecule has 1 unspecified atom stereocenters. The number of benzene rings is 1. The Morgan fingerprint density at radius 1 is 1.19 bits per heavy atom. The molecule has 4 rings (SSSR count). The third kappa shape index (κ3) is 5.40. The summed E-state index contributed by atoms with van der Waals surface area (Å²) in [6.45, 7) is 2.58. The maximum absolute atomic E-state index is 13.0. The van der Waals surface area contributed by atoms with Gasteiger partial charge in [-0.3, -0.25) is 4.79 Å². The fourth-order valence-electron chi connectivity index (χ4n) is 3.98. The van der Waals surface area contributed by atoms with Crippen molar-refractivity contribution >= 4 is 39.0 Å². The van der Waals surface area contributed by atoms with Crippen LogP contribution in [-0.4, -0.2) is 51.7 Å². The molecule has 0 bridgehead atoms. The van der Waals surface area contributed by atoms with Gasteiger partial charge in [0.1, 0.15) is 4.90 Å². The van der Waals surface area contributed by atoms with Gasteiger partial charge in [-0.15, -0.1) is 0 Å². The van der Waals surface area contributed by atoms with Gasteiger partial charge in [0.05, 0.1) is 16.8 Å². The third-order valence-electron chi connectivity index (χ3n) is 5.70. The van der Waals surface area contributed by atoms with Crippen molar-refractivity contribution in [2.75, 3.05) is 36.5 Å². The van der Waals surface area contributed by atoms with Gasteiger partial charge in [-0.2, -0.15) is 0 Å². The minimum atomic E-state index is -3.90. The number of rotatable bonds is 7. The molecule has 1 aromatic heterocycles. The standard InChI is InChI=1S/C22H27ClN4O4S/c23-18-9-8-16(14-20(18)32(29,30)25-15-17-6-5-13-31-17)22(28)26-19-7-4-10-24-21(19)27-11-2-1-3-12-27/h4,7-10,14,17,25H,1-3,5-6,11-13,15H2,(H,26,28). The minimum Gasteiger partial charge on any atom is -0.377 e. The molecule has 172 valence electrons. The molecule has 2 aliphatic rings. The van der Waals surface area contributed by atoms with Gasteiger partial charge in [-0.1, -0.05) is 11.6 Å². The van der Waals surface area contributed by atoms with E-state index in [2.05, 4.69) is 19.9 Å².